The van der Waals surface area contributed by atoms with Gasteiger partial charge in [0.15, 0.2) is 0 Å². The van der Waals surface area contributed by atoms with E-state index in [2.05, 4.69) is 10.6 Å². The van der Waals surface area contributed by atoms with Crippen LogP contribution in [0.4, 0.5) is 11.4 Å². The molecule has 0 spiro atoms. The van der Waals surface area contributed by atoms with E-state index < -0.39 is 5.91 Å². The molecular formula is C17H14KN3O2S. The number of hydrogen-bond donors (Lipinski definition) is 2. The van der Waals surface area contributed by atoms with Gasteiger partial charge in [-0.1, -0.05) is 23.2 Å². The molecule has 0 aliphatic heterocycles. The first-order chi connectivity index (χ1) is 11.1. The third-order valence-electron chi connectivity index (χ3n) is 2.95. The van der Waals surface area contributed by atoms with Crippen molar-refractivity contribution in [1.29, 1.82) is 5.26 Å². The van der Waals surface area contributed by atoms with Crippen molar-refractivity contribution in [3.05, 3.63) is 65.2 Å². The third-order valence-corrected chi connectivity index (χ3v) is 3.25. The van der Waals surface area contributed by atoms with Gasteiger partial charge in [-0.25, -0.2) is 0 Å². The number of amides is 1. The van der Waals surface area contributed by atoms with Crippen LogP contribution in [0.25, 0.3) is 0 Å². The van der Waals surface area contributed by atoms with Gasteiger partial charge in [0, 0.05) is 11.4 Å². The van der Waals surface area contributed by atoms with E-state index >= 15 is 0 Å². The zero-order chi connectivity index (χ0) is 16.7. The zero-order valence-corrected chi connectivity index (χ0v) is 17.3. The summed E-state index contributed by atoms with van der Waals surface area (Å²) in [6.07, 6.45) is 0. The van der Waals surface area contributed by atoms with E-state index in [0.717, 1.165) is 0 Å². The Balaban J connectivity index is 0.00000288. The molecule has 0 saturated heterocycles. The van der Waals surface area contributed by atoms with Crippen molar-refractivity contribution in [3.63, 3.8) is 0 Å². The SMILES string of the molecule is COc1ccc(N/C([S-])=C(/C#N)C(=O)Nc2ccccc2)cc1.[K+]. The monoisotopic (exact) mass is 363 g/mol. The molecule has 7 heteroatoms. The van der Waals surface area contributed by atoms with Gasteiger partial charge < -0.3 is 28.0 Å². The minimum absolute atomic E-state index is 0. The van der Waals surface area contributed by atoms with Crippen LogP contribution in [0.2, 0.25) is 0 Å². The molecule has 24 heavy (non-hydrogen) atoms. The van der Waals surface area contributed by atoms with E-state index in [0.29, 0.717) is 17.1 Å². The van der Waals surface area contributed by atoms with E-state index in [9.17, 15) is 10.1 Å². The van der Waals surface area contributed by atoms with Crippen molar-refractivity contribution in [2.75, 3.05) is 17.7 Å². The van der Waals surface area contributed by atoms with Gasteiger partial charge in [-0.2, -0.15) is 5.26 Å². The second-order valence-corrected chi connectivity index (χ2v) is 4.90. The fourth-order valence-corrected chi connectivity index (χ4v) is 2.04. The van der Waals surface area contributed by atoms with Crippen molar-refractivity contribution in [3.8, 4) is 11.8 Å². The summed E-state index contributed by atoms with van der Waals surface area (Å²) in [4.78, 5) is 12.2. The quantitative estimate of drug-likeness (QED) is 0.339. The number of nitrogens with zero attached hydrogens (tertiary/aromatic N) is 1. The number of benzene rings is 2. The molecule has 0 aromatic heterocycles. The molecule has 2 aromatic carbocycles. The van der Waals surface area contributed by atoms with Crippen molar-refractivity contribution in [2.24, 2.45) is 0 Å². The number of rotatable bonds is 5. The smallest absolute Gasteiger partial charge is 0.761 e. The molecule has 0 atom stereocenters. The summed E-state index contributed by atoms with van der Waals surface area (Å²) in [7, 11) is 1.57. The zero-order valence-electron chi connectivity index (χ0n) is 13.4. The van der Waals surface area contributed by atoms with Gasteiger partial charge in [0.2, 0.25) is 0 Å². The Morgan fingerprint density at radius 1 is 1.04 bits per heavy atom. The number of methoxy groups -OCH3 is 1. The van der Waals surface area contributed by atoms with E-state index in [1.807, 2.05) is 12.1 Å². The van der Waals surface area contributed by atoms with Crippen molar-refractivity contribution < 1.29 is 60.9 Å². The maximum atomic E-state index is 12.2. The molecule has 0 radical (unpaired) electrons. The Labute approximate surface area is 188 Å². The topological polar surface area (TPSA) is 74.1 Å². The average molecular weight is 363 g/mol. The van der Waals surface area contributed by atoms with E-state index in [4.69, 9.17) is 17.4 Å². The first-order valence-corrected chi connectivity index (χ1v) is 7.13. The van der Waals surface area contributed by atoms with Gasteiger partial charge in [0.25, 0.3) is 5.91 Å². The second kappa shape index (κ2) is 10.5. The Kier molecular flexibility index (Phi) is 8.99. The number of ether oxygens (including phenoxy) is 1. The molecule has 5 nitrogen and oxygen atoms in total. The molecule has 2 rings (SSSR count). The maximum Gasteiger partial charge on any atom is 1.00 e. The largest absolute Gasteiger partial charge is 1.00 e. The molecule has 0 unspecified atom stereocenters. The fraction of sp³-hybridized carbons (Fsp3) is 0.0588. The molecule has 116 valence electrons. The molecule has 0 aliphatic rings. The predicted octanol–water partition coefficient (Wildman–Crippen LogP) is 0.0319. The van der Waals surface area contributed by atoms with Crippen LogP contribution in [0.15, 0.2) is 65.2 Å². The van der Waals surface area contributed by atoms with Crippen LogP contribution in [-0.4, -0.2) is 13.0 Å². The summed E-state index contributed by atoms with van der Waals surface area (Å²) in [5.41, 5.74) is 1.10. The van der Waals surface area contributed by atoms with Crippen LogP contribution < -0.4 is 66.8 Å². The fourth-order valence-electron chi connectivity index (χ4n) is 1.79. The van der Waals surface area contributed by atoms with Crippen LogP contribution in [0.1, 0.15) is 0 Å². The van der Waals surface area contributed by atoms with Crippen LogP contribution in [0.5, 0.6) is 5.75 Å². The summed E-state index contributed by atoms with van der Waals surface area (Å²) in [6, 6.07) is 17.7. The maximum absolute atomic E-state index is 12.2. The molecule has 0 aliphatic carbocycles. The van der Waals surface area contributed by atoms with Gasteiger partial charge in [-0.3, -0.25) is 4.79 Å². The summed E-state index contributed by atoms with van der Waals surface area (Å²) in [6.45, 7) is 0. The Hall–Kier alpha value is -1.40. The molecule has 2 aromatic rings. The number of nitrogens with one attached hydrogen (secondary N) is 2. The molecule has 0 fully saturated rings. The van der Waals surface area contributed by atoms with Crippen LogP contribution >= 0.6 is 0 Å². The minimum Gasteiger partial charge on any atom is -0.761 e. The Bertz CT molecular complexity index is 756. The van der Waals surface area contributed by atoms with Crippen molar-refractivity contribution in [1.82, 2.24) is 0 Å². The summed E-state index contributed by atoms with van der Waals surface area (Å²) < 4.78 is 5.07. The Morgan fingerprint density at radius 2 is 1.62 bits per heavy atom. The average Bonchev–Trinajstić information content (AvgIpc) is 2.57. The molecule has 0 heterocycles. The van der Waals surface area contributed by atoms with Crippen LogP contribution in [0.3, 0.4) is 0 Å². The Morgan fingerprint density at radius 3 is 2.17 bits per heavy atom. The van der Waals surface area contributed by atoms with Crippen LogP contribution in [0, 0.1) is 11.3 Å². The number of hydrogen-bond acceptors (Lipinski definition) is 5. The van der Waals surface area contributed by atoms with Crippen molar-refractivity contribution >= 4 is 29.9 Å². The number of para-hydroxylation sites is 1. The number of carbonyl (C=O) groups is 1. The molecular weight excluding hydrogens is 349 g/mol. The van der Waals surface area contributed by atoms with Crippen LogP contribution in [-0.2, 0) is 17.4 Å². The number of carbonyl (C=O) groups excluding carboxylic acids is 1. The molecule has 0 bridgehead atoms. The normalized spacial score (nSPS) is 10.5. The second-order valence-electron chi connectivity index (χ2n) is 4.49. The van der Waals surface area contributed by atoms with Gasteiger partial charge in [-0.05, 0) is 36.4 Å². The molecule has 0 saturated carbocycles. The summed E-state index contributed by atoms with van der Waals surface area (Å²) in [5, 5.41) is 14.8. The number of anilines is 2. The van der Waals surface area contributed by atoms with Gasteiger partial charge in [0.1, 0.15) is 17.4 Å². The van der Waals surface area contributed by atoms with Gasteiger partial charge in [-0.15, -0.1) is 0 Å². The first kappa shape index (κ1) is 20.6. The van der Waals surface area contributed by atoms with Gasteiger partial charge in [0.05, 0.1) is 7.11 Å². The van der Waals surface area contributed by atoms with E-state index in [1.54, 1.807) is 55.6 Å². The number of nitriles is 1. The third kappa shape index (κ3) is 5.91. The minimum atomic E-state index is -0.551. The molecule has 1 amide bonds. The van der Waals surface area contributed by atoms with Gasteiger partial charge >= 0.3 is 51.4 Å². The van der Waals surface area contributed by atoms with Crippen molar-refractivity contribution in [2.45, 2.75) is 0 Å². The summed E-state index contributed by atoms with van der Waals surface area (Å²) >= 11 is 5.15. The van der Waals surface area contributed by atoms with E-state index in [-0.39, 0.29) is 62.0 Å². The standard InChI is InChI=1S/C17H15N3O2S.K/c1-22-14-9-7-13(8-10-14)20-17(23)15(11-18)16(21)19-12-5-3-2-4-6-12;/h2-10,20,23H,1H3,(H,19,21);/q;+1/p-1/b17-15+;. The first-order valence-electron chi connectivity index (χ1n) is 6.73. The predicted molar refractivity (Wildman–Crippen MR) is 91.7 cm³/mol. The molecule has 2 N–H and O–H groups in total. The summed E-state index contributed by atoms with van der Waals surface area (Å²) in [5.74, 6) is 0.150. The van der Waals surface area contributed by atoms with E-state index in [1.165, 1.54) is 0 Å².